The van der Waals surface area contributed by atoms with Gasteiger partial charge in [-0.2, -0.15) is 4.57 Å². The van der Waals surface area contributed by atoms with E-state index in [1.165, 1.54) is 0 Å². The highest BCUT2D eigenvalue weighted by Gasteiger charge is 2.15. The van der Waals surface area contributed by atoms with Gasteiger partial charge in [-0.05, 0) is 23.3 Å². The molecule has 0 fully saturated rings. The Hall–Kier alpha value is -2.78. The fraction of sp³-hybridized carbons (Fsp3) is 0.0435. The van der Waals surface area contributed by atoms with Gasteiger partial charge in [0.25, 0.3) is 0 Å². The van der Waals surface area contributed by atoms with Crippen LogP contribution in [0.2, 0.25) is 0 Å². The largest absolute Gasteiger partial charge is 0.287 e. The number of rotatable bonds is 4. The minimum atomic E-state index is 0. The van der Waals surface area contributed by atoms with E-state index >= 15 is 0 Å². The highest BCUT2D eigenvalue weighted by atomic mass is 79.9. The number of ketones is 1. The molecule has 0 unspecified atom stereocenters. The molecule has 0 aliphatic heterocycles. The van der Waals surface area contributed by atoms with Gasteiger partial charge >= 0.3 is 0 Å². The van der Waals surface area contributed by atoms with Crippen molar-refractivity contribution in [3.8, 4) is 11.1 Å². The van der Waals surface area contributed by atoms with Gasteiger partial charge in [-0.25, -0.2) is 0 Å². The van der Waals surface area contributed by atoms with Gasteiger partial charge in [0, 0.05) is 23.1 Å². The van der Waals surface area contributed by atoms with Gasteiger partial charge < -0.3 is 0 Å². The van der Waals surface area contributed by atoms with E-state index in [4.69, 9.17) is 0 Å². The van der Waals surface area contributed by atoms with E-state index in [1.54, 1.807) is 0 Å². The van der Waals surface area contributed by atoms with E-state index in [9.17, 15) is 4.79 Å². The second kappa shape index (κ2) is 8.07. The number of carbonyl (C=O) groups excluding carboxylic acids is 1. The number of pyridine rings is 1. The summed E-state index contributed by atoms with van der Waals surface area (Å²) in [5.74, 6) is 0.112. The lowest BCUT2D eigenvalue weighted by atomic mass is 10.0. The molecule has 4 rings (SSSR count). The van der Waals surface area contributed by atoms with E-state index in [-0.39, 0.29) is 22.8 Å². The Bertz CT molecular complexity index is 1020. The summed E-state index contributed by atoms with van der Waals surface area (Å²) < 4.78 is 2.00. The summed E-state index contributed by atoms with van der Waals surface area (Å²) in [5, 5.41) is 1.14. The molecule has 2 nitrogen and oxygen atoms in total. The fourth-order valence-electron chi connectivity index (χ4n) is 3.08. The monoisotopic (exact) mass is 404 g/mol. The Morgan fingerprint density at radius 1 is 0.692 bits per heavy atom. The van der Waals surface area contributed by atoms with Crippen LogP contribution in [-0.2, 0) is 6.54 Å². The summed E-state index contributed by atoms with van der Waals surface area (Å²) in [7, 11) is 0. The molecular weight excluding hydrogens is 386 g/mol. The lowest BCUT2D eigenvalue weighted by molar-refractivity contribution is -0.657. The molecular formula is C23H19BrNO+. The van der Waals surface area contributed by atoms with Crippen molar-refractivity contribution in [2.45, 2.75) is 6.54 Å². The first-order chi connectivity index (χ1) is 12.3. The molecule has 0 bridgehead atoms. The van der Waals surface area contributed by atoms with Crippen LogP contribution < -0.4 is 4.57 Å². The summed E-state index contributed by atoms with van der Waals surface area (Å²) in [5.41, 5.74) is 4.08. The van der Waals surface area contributed by atoms with Crippen LogP contribution in [0.5, 0.6) is 0 Å². The van der Waals surface area contributed by atoms with Gasteiger partial charge in [0.05, 0.1) is 0 Å². The summed E-state index contributed by atoms with van der Waals surface area (Å²) in [6, 6.07) is 30.2. The van der Waals surface area contributed by atoms with Gasteiger partial charge in [0.15, 0.2) is 6.20 Å². The van der Waals surface area contributed by atoms with Crippen molar-refractivity contribution >= 4 is 33.7 Å². The Morgan fingerprint density at radius 3 is 2.08 bits per heavy atom. The van der Waals surface area contributed by atoms with Gasteiger partial charge in [-0.1, -0.05) is 66.7 Å². The molecule has 0 saturated heterocycles. The second-order valence-electron chi connectivity index (χ2n) is 6.06. The highest BCUT2D eigenvalue weighted by molar-refractivity contribution is 8.93. The van der Waals surface area contributed by atoms with E-state index in [0.29, 0.717) is 6.54 Å². The molecule has 0 saturated carbocycles. The van der Waals surface area contributed by atoms with Gasteiger partial charge in [0.1, 0.15) is 0 Å². The van der Waals surface area contributed by atoms with Crippen LogP contribution in [0.4, 0.5) is 0 Å². The third kappa shape index (κ3) is 3.73. The number of fused-ring (bicyclic) bond motifs is 1. The molecule has 0 aliphatic rings. The van der Waals surface area contributed by atoms with Crippen LogP contribution in [0.15, 0.2) is 97.2 Å². The standard InChI is InChI=1S/C23H18NO.BrH/c25-23(17-24-16-6-10-20-9-4-5-11-22(20)24)21-14-12-19(13-15-21)18-7-2-1-3-8-18;/h1-16H,17H2;1H/q+1;. The predicted molar refractivity (Wildman–Crippen MR) is 111 cm³/mol. The first-order valence-corrected chi connectivity index (χ1v) is 8.37. The molecule has 0 amide bonds. The smallest absolute Gasteiger partial charge is 0.227 e. The molecule has 0 spiro atoms. The van der Waals surface area contributed by atoms with Crippen molar-refractivity contribution in [3.05, 3.63) is 103 Å². The number of aromatic nitrogens is 1. The number of halogens is 1. The van der Waals surface area contributed by atoms with Gasteiger partial charge in [-0.15, -0.1) is 17.0 Å². The number of para-hydroxylation sites is 1. The molecule has 1 aromatic heterocycles. The highest BCUT2D eigenvalue weighted by Crippen LogP contribution is 2.19. The van der Waals surface area contributed by atoms with Crippen molar-refractivity contribution in [1.82, 2.24) is 0 Å². The lowest BCUT2D eigenvalue weighted by Crippen LogP contribution is -2.38. The van der Waals surface area contributed by atoms with Crippen LogP contribution in [0.3, 0.4) is 0 Å². The number of hydrogen-bond donors (Lipinski definition) is 0. The number of hydrogen-bond acceptors (Lipinski definition) is 1. The molecule has 0 radical (unpaired) electrons. The maximum atomic E-state index is 12.7. The van der Waals surface area contributed by atoms with E-state index in [1.807, 2.05) is 77.5 Å². The normalized spacial score (nSPS) is 10.3. The third-order valence-corrected chi connectivity index (χ3v) is 4.42. The predicted octanol–water partition coefficient (Wildman–Crippen LogP) is 5.26. The minimum absolute atomic E-state index is 0. The SMILES string of the molecule is Br.O=C(C[n+]1cccc2ccccc21)c1ccc(-c2ccccc2)cc1. The van der Waals surface area contributed by atoms with Crippen molar-refractivity contribution in [2.24, 2.45) is 0 Å². The number of nitrogens with zero attached hydrogens (tertiary/aromatic N) is 1. The first kappa shape index (κ1) is 18.0. The second-order valence-corrected chi connectivity index (χ2v) is 6.06. The Labute approximate surface area is 163 Å². The lowest BCUT2D eigenvalue weighted by Gasteiger charge is -2.04. The molecule has 0 N–H and O–H groups in total. The van der Waals surface area contributed by atoms with Crippen molar-refractivity contribution < 1.29 is 9.36 Å². The molecule has 26 heavy (non-hydrogen) atoms. The van der Waals surface area contributed by atoms with Crippen LogP contribution in [-0.4, -0.2) is 5.78 Å². The zero-order valence-electron chi connectivity index (χ0n) is 14.2. The van der Waals surface area contributed by atoms with E-state index < -0.39 is 0 Å². The Kier molecular flexibility index (Phi) is 5.59. The van der Waals surface area contributed by atoms with Crippen LogP contribution in [0.25, 0.3) is 22.0 Å². The van der Waals surface area contributed by atoms with E-state index in [2.05, 4.69) is 24.3 Å². The summed E-state index contributed by atoms with van der Waals surface area (Å²) in [6.07, 6.45) is 1.96. The molecule has 3 aromatic carbocycles. The molecule has 3 heteroatoms. The molecule has 4 aromatic rings. The van der Waals surface area contributed by atoms with Crippen molar-refractivity contribution in [1.29, 1.82) is 0 Å². The Balaban J connectivity index is 0.00000196. The summed E-state index contributed by atoms with van der Waals surface area (Å²) in [6.45, 7) is 0.339. The third-order valence-electron chi connectivity index (χ3n) is 4.42. The zero-order chi connectivity index (χ0) is 17.1. The molecule has 1 heterocycles. The quantitative estimate of drug-likeness (QED) is 0.335. The maximum absolute atomic E-state index is 12.7. The van der Waals surface area contributed by atoms with Gasteiger partial charge in [-0.3, -0.25) is 4.79 Å². The first-order valence-electron chi connectivity index (χ1n) is 8.37. The zero-order valence-corrected chi connectivity index (χ0v) is 15.9. The number of Topliss-reactive ketones (excluding diaryl/α,β-unsaturated/α-hetero) is 1. The average molecular weight is 405 g/mol. The average Bonchev–Trinajstić information content (AvgIpc) is 2.69. The van der Waals surface area contributed by atoms with Crippen molar-refractivity contribution in [3.63, 3.8) is 0 Å². The minimum Gasteiger partial charge on any atom is -0.287 e. The van der Waals surface area contributed by atoms with Crippen LogP contribution in [0.1, 0.15) is 10.4 Å². The van der Waals surface area contributed by atoms with Gasteiger partial charge in [0.2, 0.25) is 17.8 Å². The number of carbonyl (C=O) groups is 1. The van der Waals surface area contributed by atoms with Crippen LogP contribution >= 0.6 is 17.0 Å². The topological polar surface area (TPSA) is 20.9 Å². The van der Waals surface area contributed by atoms with Crippen molar-refractivity contribution in [2.75, 3.05) is 0 Å². The Morgan fingerprint density at radius 2 is 1.31 bits per heavy atom. The van der Waals surface area contributed by atoms with Crippen LogP contribution in [0, 0.1) is 0 Å². The number of benzene rings is 3. The molecule has 0 atom stereocenters. The fourth-order valence-corrected chi connectivity index (χ4v) is 3.08. The summed E-state index contributed by atoms with van der Waals surface area (Å²) >= 11 is 0. The summed E-state index contributed by atoms with van der Waals surface area (Å²) in [4.78, 5) is 12.7. The molecule has 128 valence electrons. The maximum Gasteiger partial charge on any atom is 0.227 e. The van der Waals surface area contributed by atoms with E-state index in [0.717, 1.165) is 27.6 Å². The molecule has 0 aliphatic carbocycles.